The Balaban J connectivity index is 2.18. The van der Waals surface area contributed by atoms with Crippen molar-refractivity contribution in [2.45, 2.75) is 6.61 Å². The number of ether oxygens (including phenoxy) is 1. The number of hydrogen-bond acceptors (Lipinski definition) is 3. The smallest absolute Gasteiger partial charge is 0.259 e. The van der Waals surface area contributed by atoms with Crippen LogP contribution in [-0.2, 0) is 17.9 Å². The summed E-state index contributed by atoms with van der Waals surface area (Å²) in [7, 11) is 0. The number of anilines is 2. The summed E-state index contributed by atoms with van der Waals surface area (Å²) in [6.07, 6.45) is 0. The van der Waals surface area contributed by atoms with Gasteiger partial charge in [-0.05, 0) is 30.3 Å². The van der Waals surface area contributed by atoms with Crippen molar-refractivity contribution >= 4 is 22.6 Å². The summed E-state index contributed by atoms with van der Waals surface area (Å²) in [4.78, 5) is 0. The lowest BCUT2D eigenvalue weighted by Gasteiger charge is -2.12. The van der Waals surface area contributed by atoms with Gasteiger partial charge in [-0.2, -0.15) is 0 Å². The normalized spacial score (nSPS) is 12.0. The molecule has 0 bridgehead atoms. The first-order valence-electron chi connectivity index (χ1n) is 5.79. The minimum Gasteiger partial charge on any atom is -0.486 e. The first kappa shape index (κ1) is 15.2. The maximum absolute atomic E-state index is 13.4. The fraction of sp³-hybridized carbons (Fsp3) is 0.0769. The van der Waals surface area contributed by atoms with Gasteiger partial charge in [0.05, 0.1) is 5.69 Å². The van der Waals surface area contributed by atoms with Crippen molar-refractivity contribution < 1.29 is 22.3 Å². The number of nitrogens with two attached hydrogens (primary N) is 1. The highest BCUT2D eigenvalue weighted by atomic mass is 32.2. The Labute approximate surface area is 122 Å². The SMILES string of the molecule is Nc1ccc(NS(=O)O)c(COc2ccc(F)cc2F)c1. The first-order chi connectivity index (χ1) is 9.95. The highest BCUT2D eigenvalue weighted by molar-refractivity contribution is 7.80. The molecule has 0 heterocycles. The molecule has 0 aliphatic heterocycles. The second-order valence-electron chi connectivity index (χ2n) is 4.13. The Bertz CT molecular complexity index is 682. The number of halogens is 2. The van der Waals surface area contributed by atoms with Crippen LogP contribution in [0, 0.1) is 11.6 Å². The quantitative estimate of drug-likeness (QED) is 0.585. The molecule has 21 heavy (non-hydrogen) atoms. The summed E-state index contributed by atoms with van der Waals surface area (Å²) in [5.41, 5.74) is 6.84. The molecular weight excluding hydrogens is 302 g/mol. The van der Waals surface area contributed by atoms with Crippen molar-refractivity contribution in [3.05, 3.63) is 53.6 Å². The third kappa shape index (κ3) is 4.14. The third-order valence-corrected chi connectivity index (χ3v) is 3.00. The van der Waals surface area contributed by atoms with E-state index in [0.717, 1.165) is 12.1 Å². The van der Waals surface area contributed by atoms with E-state index in [1.165, 1.54) is 18.2 Å². The molecule has 1 atom stereocenters. The van der Waals surface area contributed by atoms with Crippen LogP contribution < -0.4 is 15.2 Å². The zero-order valence-electron chi connectivity index (χ0n) is 10.7. The van der Waals surface area contributed by atoms with E-state index in [2.05, 4.69) is 4.72 Å². The van der Waals surface area contributed by atoms with Crippen molar-refractivity contribution in [1.29, 1.82) is 0 Å². The summed E-state index contributed by atoms with van der Waals surface area (Å²) in [6, 6.07) is 7.50. The van der Waals surface area contributed by atoms with Gasteiger partial charge in [-0.3, -0.25) is 9.27 Å². The van der Waals surface area contributed by atoms with E-state index in [4.69, 9.17) is 15.0 Å². The summed E-state index contributed by atoms with van der Waals surface area (Å²) < 4.78 is 53.4. The first-order valence-corrected chi connectivity index (χ1v) is 6.90. The fourth-order valence-corrected chi connectivity index (χ4v) is 2.06. The van der Waals surface area contributed by atoms with Crippen LogP contribution in [0.1, 0.15) is 5.56 Å². The van der Waals surface area contributed by atoms with Crippen LogP contribution in [0.2, 0.25) is 0 Å². The van der Waals surface area contributed by atoms with Crippen LogP contribution in [0.4, 0.5) is 20.2 Å². The molecule has 0 amide bonds. The number of hydrogen-bond donors (Lipinski definition) is 3. The van der Waals surface area contributed by atoms with Gasteiger partial charge in [0.2, 0.25) is 0 Å². The fourth-order valence-electron chi connectivity index (χ4n) is 1.67. The van der Waals surface area contributed by atoms with Crippen LogP contribution in [-0.4, -0.2) is 8.76 Å². The molecule has 0 aromatic heterocycles. The van der Waals surface area contributed by atoms with E-state index in [1.54, 1.807) is 0 Å². The van der Waals surface area contributed by atoms with Gasteiger partial charge in [0.15, 0.2) is 11.6 Å². The molecule has 0 radical (unpaired) electrons. The average Bonchev–Trinajstić information content (AvgIpc) is 2.40. The lowest BCUT2D eigenvalue weighted by Crippen LogP contribution is -2.07. The van der Waals surface area contributed by atoms with Crippen molar-refractivity contribution in [2.24, 2.45) is 0 Å². The van der Waals surface area contributed by atoms with Crippen molar-refractivity contribution in [3.63, 3.8) is 0 Å². The van der Waals surface area contributed by atoms with Crippen LogP contribution in [0.5, 0.6) is 5.75 Å². The van der Waals surface area contributed by atoms with Gasteiger partial charge in [0, 0.05) is 17.3 Å². The molecular formula is C13H12F2N2O3S. The molecule has 0 spiro atoms. The van der Waals surface area contributed by atoms with E-state index in [0.29, 0.717) is 23.0 Å². The number of rotatable bonds is 5. The number of nitrogen functional groups attached to an aromatic ring is 1. The van der Waals surface area contributed by atoms with Gasteiger partial charge in [0.1, 0.15) is 12.4 Å². The predicted molar refractivity (Wildman–Crippen MR) is 75.9 cm³/mol. The Morgan fingerprint density at radius 3 is 2.67 bits per heavy atom. The minimum atomic E-state index is -2.26. The molecule has 0 saturated carbocycles. The van der Waals surface area contributed by atoms with Crippen molar-refractivity contribution in [2.75, 3.05) is 10.5 Å². The zero-order chi connectivity index (χ0) is 15.4. The Morgan fingerprint density at radius 1 is 1.24 bits per heavy atom. The van der Waals surface area contributed by atoms with E-state index in [-0.39, 0.29) is 12.4 Å². The monoisotopic (exact) mass is 314 g/mol. The average molecular weight is 314 g/mol. The lowest BCUT2D eigenvalue weighted by atomic mass is 10.1. The van der Waals surface area contributed by atoms with Gasteiger partial charge in [0.25, 0.3) is 11.3 Å². The van der Waals surface area contributed by atoms with Crippen LogP contribution in [0.3, 0.4) is 0 Å². The molecule has 2 aromatic rings. The molecule has 5 nitrogen and oxygen atoms in total. The summed E-state index contributed by atoms with van der Waals surface area (Å²) in [6.45, 7) is -0.104. The van der Waals surface area contributed by atoms with Gasteiger partial charge in [-0.25, -0.2) is 13.0 Å². The van der Waals surface area contributed by atoms with Gasteiger partial charge in [-0.1, -0.05) is 0 Å². The topological polar surface area (TPSA) is 84.6 Å². The lowest BCUT2D eigenvalue weighted by molar-refractivity contribution is 0.290. The van der Waals surface area contributed by atoms with Crippen molar-refractivity contribution in [3.8, 4) is 5.75 Å². The summed E-state index contributed by atoms with van der Waals surface area (Å²) in [5.74, 6) is -1.67. The molecule has 8 heteroatoms. The molecule has 112 valence electrons. The number of benzene rings is 2. The van der Waals surface area contributed by atoms with Crippen LogP contribution >= 0.6 is 0 Å². The molecule has 1 unspecified atom stereocenters. The van der Waals surface area contributed by atoms with Crippen LogP contribution in [0.25, 0.3) is 0 Å². The highest BCUT2D eigenvalue weighted by Crippen LogP contribution is 2.23. The Morgan fingerprint density at radius 2 is 2.00 bits per heavy atom. The standard InChI is InChI=1S/C13H12F2N2O3S/c14-9-1-4-13(11(15)6-9)20-7-8-5-10(16)2-3-12(8)17-21(18)19/h1-6,17H,7,16H2,(H,18,19). The minimum absolute atomic E-state index is 0.104. The molecule has 0 aliphatic carbocycles. The molecule has 0 saturated heterocycles. The van der Waals surface area contributed by atoms with E-state index >= 15 is 0 Å². The molecule has 4 N–H and O–H groups in total. The third-order valence-electron chi connectivity index (χ3n) is 2.60. The largest absolute Gasteiger partial charge is 0.486 e. The number of nitrogens with one attached hydrogen (secondary N) is 1. The van der Waals surface area contributed by atoms with E-state index in [9.17, 15) is 13.0 Å². The van der Waals surface area contributed by atoms with Gasteiger partial charge < -0.3 is 10.5 Å². The molecule has 0 aliphatic rings. The molecule has 0 fully saturated rings. The van der Waals surface area contributed by atoms with E-state index < -0.39 is 22.9 Å². The Kier molecular flexibility index (Phi) is 4.71. The summed E-state index contributed by atoms with van der Waals surface area (Å²) in [5, 5.41) is 0. The second kappa shape index (κ2) is 6.51. The van der Waals surface area contributed by atoms with Gasteiger partial charge in [-0.15, -0.1) is 0 Å². The zero-order valence-corrected chi connectivity index (χ0v) is 11.5. The molecule has 2 rings (SSSR count). The van der Waals surface area contributed by atoms with Crippen molar-refractivity contribution in [1.82, 2.24) is 0 Å². The maximum Gasteiger partial charge on any atom is 0.259 e. The van der Waals surface area contributed by atoms with Crippen LogP contribution in [0.15, 0.2) is 36.4 Å². The highest BCUT2D eigenvalue weighted by Gasteiger charge is 2.09. The predicted octanol–water partition coefficient (Wildman–Crippen LogP) is 2.67. The molecule has 2 aromatic carbocycles. The van der Waals surface area contributed by atoms with E-state index in [1.807, 2.05) is 0 Å². The van der Waals surface area contributed by atoms with Gasteiger partial charge >= 0.3 is 0 Å². The maximum atomic E-state index is 13.4. The Hall–Kier alpha value is -2.19. The second-order valence-corrected chi connectivity index (χ2v) is 4.83. The summed E-state index contributed by atoms with van der Waals surface area (Å²) >= 11 is -2.26.